The summed E-state index contributed by atoms with van der Waals surface area (Å²) in [6.07, 6.45) is 4.46. The summed E-state index contributed by atoms with van der Waals surface area (Å²) in [4.78, 5) is 26.1. The number of carbonyl (C=O) groups is 2. The Labute approximate surface area is 176 Å². The highest BCUT2D eigenvalue weighted by Crippen LogP contribution is 2.24. The largest absolute Gasteiger partial charge is 0.371 e. The maximum atomic E-state index is 12.3. The zero-order chi connectivity index (χ0) is 20.9. The van der Waals surface area contributed by atoms with Gasteiger partial charge in [0, 0.05) is 36.9 Å². The van der Waals surface area contributed by atoms with Crippen molar-refractivity contribution < 1.29 is 9.59 Å². The number of hydrogen-bond acceptors (Lipinski definition) is 4. The van der Waals surface area contributed by atoms with Gasteiger partial charge < -0.3 is 15.5 Å². The van der Waals surface area contributed by atoms with E-state index in [2.05, 4.69) is 27.7 Å². The number of fused-ring (bicyclic) bond motifs is 1. The van der Waals surface area contributed by atoms with Crippen LogP contribution < -0.4 is 15.5 Å². The summed E-state index contributed by atoms with van der Waals surface area (Å²) in [5, 5.41) is 14.9. The Morgan fingerprint density at radius 3 is 2.67 bits per heavy atom. The summed E-state index contributed by atoms with van der Waals surface area (Å²) in [6.45, 7) is 1.80. The summed E-state index contributed by atoms with van der Waals surface area (Å²) < 4.78 is 0. The summed E-state index contributed by atoms with van der Waals surface area (Å²) in [5.41, 5.74) is 4.94. The van der Waals surface area contributed by atoms with Crippen molar-refractivity contribution in [3.05, 3.63) is 59.2 Å². The van der Waals surface area contributed by atoms with Gasteiger partial charge in [-0.25, -0.2) is 0 Å². The predicted octanol–water partition coefficient (Wildman–Crippen LogP) is 3.16. The van der Waals surface area contributed by atoms with Crippen LogP contribution in [0.1, 0.15) is 42.4 Å². The molecule has 2 aliphatic rings. The number of benzene rings is 2. The molecule has 2 amide bonds. The van der Waals surface area contributed by atoms with Gasteiger partial charge in [-0.3, -0.25) is 9.59 Å². The molecule has 6 heteroatoms. The second kappa shape index (κ2) is 9.00. The molecule has 0 atom stereocenters. The molecule has 6 nitrogen and oxygen atoms in total. The van der Waals surface area contributed by atoms with E-state index in [0.717, 1.165) is 55.7 Å². The van der Waals surface area contributed by atoms with Gasteiger partial charge in [0.1, 0.15) is 0 Å². The molecule has 0 saturated carbocycles. The van der Waals surface area contributed by atoms with Gasteiger partial charge >= 0.3 is 0 Å². The standard InChI is InChI=1S/C24H26N4O2/c25-16-18-4-7-21(8-5-18)28-12-10-20(11-13-28)26-23(29)3-1-2-17-6-9-22-19(14-17)15-24(30)27-22/h4-9,14,20H,1-3,10-13,15H2,(H,26,29)(H,27,30). The molecule has 4 rings (SSSR count). The van der Waals surface area contributed by atoms with Crippen LogP contribution in [-0.2, 0) is 22.4 Å². The molecule has 30 heavy (non-hydrogen) atoms. The first-order valence-corrected chi connectivity index (χ1v) is 10.6. The van der Waals surface area contributed by atoms with Crippen LogP contribution in [0.25, 0.3) is 0 Å². The number of rotatable bonds is 6. The lowest BCUT2D eigenvalue weighted by Crippen LogP contribution is -2.44. The van der Waals surface area contributed by atoms with Gasteiger partial charge in [0.25, 0.3) is 0 Å². The Kier molecular flexibility index (Phi) is 5.99. The summed E-state index contributed by atoms with van der Waals surface area (Å²) in [7, 11) is 0. The molecule has 0 unspecified atom stereocenters. The minimum atomic E-state index is 0.0479. The SMILES string of the molecule is N#Cc1ccc(N2CCC(NC(=O)CCCc3ccc4c(c3)CC(=O)N4)CC2)cc1. The van der Waals surface area contributed by atoms with Crippen molar-refractivity contribution in [2.75, 3.05) is 23.3 Å². The number of nitrogens with one attached hydrogen (secondary N) is 2. The molecule has 154 valence electrons. The molecule has 1 fully saturated rings. The summed E-state index contributed by atoms with van der Waals surface area (Å²) in [5.74, 6) is 0.164. The molecular formula is C24H26N4O2. The molecule has 0 spiro atoms. The predicted molar refractivity (Wildman–Crippen MR) is 116 cm³/mol. The quantitative estimate of drug-likeness (QED) is 0.777. The number of anilines is 2. The molecule has 2 N–H and O–H groups in total. The first-order valence-electron chi connectivity index (χ1n) is 10.6. The highest BCUT2D eigenvalue weighted by atomic mass is 16.2. The third kappa shape index (κ3) is 4.80. The van der Waals surface area contributed by atoms with E-state index in [9.17, 15) is 9.59 Å². The highest BCUT2D eigenvalue weighted by molar-refractivity contribution is 5.99. The van der Waals surface area contributed by atoms with E-state index in [1.807, 2.05) is 36.4 Å². The van der Waals surface area contributed by atoms with Crippen LogP contribution in [0.2, 0.25) is 0 Å². The van der Waals surface area contributed by atoms with Crippen LogP contribution in [-0.4, -0.2) is 30.9 Å². The van der Waals surface area contributed by atoms with Crippen molar-refractivity contribution in [3.63, 3.8) is 0 Å². The van der Waals surface area contributed by atoms with Gasteiger partial charge in [0.2, 0.25) is 11.8 Å². The average molecular weight is 402 g/mol. The zero-order valence-corrected chi connectivity index (χ0v) is 17.0. The fourth-order valence-electron chi connectivity index (χ4n) is 4.22. The van der Waals surface area contributed by atoms with E-state index in [1.54, 1.807) is 0 Å². The lowest BCUT2D eigenvalue weighted by molar-refractivity contribution is -0.122. The van der Waals surface area contributed by atoms with E-state index < -0.39 is 0 Å². The molecule has 2 aliphatic heterocycles. The Hall–Kier alpha value is -3.33. The van der Waals surface area contributed by atoms with E-state index in [-0.39, 0.29) is 17.9 Å². The lowest BCUT2D eigenvalue weighted by Gasteiger charge is -2.34. The second-order valence-electron chi connectivity index (χ2n) is 8.06. The average Bonchev–Trinajstić information content (AvgIpc) is 3.14. The van der Waals surface area contributed by atoms with Crippen molar-refractivity contribution in [1.29, 1.82) is 5.26 Å². The van der Waals surface area contributed by atoms with E-state index in [0.29, 0.717) is 18.4 Å². The van der Waals surface area contributed by atoms with Crippen molar-refractivity contribution >= 4 is 23.2 Å². The minimum Gasteiger partial charge on any atom is -0.371 e. The molecule has 1 saturated heterocycles. The monoisotopic (exact) mass is 402 g/mol. The molecule has 0 aliphatic carbocycles. The number of amides is 2. The summed E-state index contributed by atoms with van der Waals surface area (Å²) >= 11 is 0. The number of nitrogens with zero attached hydrogens (tertiary/aromatic N) is 2. The van der Waals surface area contributed by atoms with Crippen LogP contribution in [0.5, 0.6) is 0 Å². The van der Waals surface area contributed by atoms with Crippen LogP contribution in [0.4, 0.5) is 11.4 Å². The van der Waals surface area contributed by atoms with Gasteiger partial charge in [-0.15, -0.1) is 0 Å². The third-order valence-corrected chi connectivity index (χ3v) is 5.89. The normalized spacial score (nSPS) is 16.0. The van der Waals surface area contributed by atoms with Crippen molar-refractivity contribution in [1.82, 2.24) is 5.32 Å². The Balaban J connectivity index is 1.18. The fraction of sp³-hybridized carbons (Fsp3) is 0.375. The molecule has 0 aromatic heterocycles. The third-order valence-electron chi connectivity index (χ3n) is 5.89. The molecular weight excluding hydrogens is 376 g/mol. The van der Waals surface area contributed by atoms with Gasteiger partial charge in [0.05, 0.1) is 18.1 Å². The molecule has 2 heterocycles. The van der Waals surface area contributed by atoms with Gasteiger partial charge in [-0.1, -0.05) is 12.1 Å². The molecule has 2 aromatic carbocycles. The Morgan fingerprint density at radius 1 is 1.17 bits per heavy atom. The summed E-state index contributed by atoms with van der Waals surface area (Å²) in [6, 6.07) is 16.1. The number of carbonyl (C=O) groups excluding carboxylic acids is 2. The van der Waals surface area contributed by atoms with E-state index >= 15 is 0 Å². The maximum absolute atomic E-state index is 12.3. The van der Waals surface area contributed by atoms with Crippen molar-refractivity contribution in [2.24, 2.45) is 0 Å². The number of piperidine rings is 1. The highest BCUT2D eigenvalue weighted by Gasteiger charge is 2.21. The smallest absolute Gasteiger partial charge is 0.228 e. The first-order chi connectivity index (χ1) is 14.6. The van der Waals surface area contributed by atoms with Gasteiger partial charge in [0.15, 0.2) is 0 Å². The Bertz CT molecular complexity index is 970. The number of nitriles is 1. The van der Waals surface area contributed by atoms with Crippen molar-refractivity contribution in [2.45, 2.75) is 44.6 Å². The van der Waals surface area contributed by atoms with E-state index in [4.69, 9.17) is 5.26 Å². The zero-order valence-electron chi connectivity index (χ0n) is 17.0. The van der Waals surface area contributed by atoms with Gasteiger partial charge in [-0.2, -0.15) is 5.26 Å². The maximum Gasteiger partial charge on any atom is 0.228 e. The van der Waals surface area contributed by atoms with E-state index in [1.165, 1.54) is 5.56 Å². The van der Waals surface area contributed by atoms with Crippen LogP contribution in [0.15, 0.2) is 42.5 Å². The number of aryl methyl sites for hydroxylation is 1. The van der Waals surface area contributed by atoms with Crippen LogP contribution >= 0.6 is 0 Å². The van der Waals surface area contributed by atoms with Crippen LogP contribution in [0, 0.1) is 11.3 Å². The minimum absolute atomic E-state index is 0.0479. The Morgan fingerprint density at radius 2 is 1.93 bits per heavy atom. The molecule has 0 bridgehead atoms. The lowest BCUT2D eigenvalue weighted by atomic mass is 10.0. The van der Waals surface area contributed by atoms with Crippen LogP contribution in [0.3, 0.4) is 0 Å². The molecule has 2 aromatic rings. The van der Waals surface area contributed by atoms with Gasteiger partial charge in [-0.05, 0) is 67.1 Å². The molecule has 0 radical (unpaired) electrons. The topological polar surface area (TPSA) is 85.2 Å². The first kappa shape index (κ1) is 20.0. The second-order valence-corrected chi connectivity index (χ2v) is 8.06. The van der Waals surface area contributed by atoms with Crippen molar-refractivity contribution in [3.8, 4) is 6.07 Å². The number of hydrogen-bond donors (Lipinski definition) is 2. The fourth-order valence-corrected chi connectivity index (χ4v) is 4.22.